The fourth-order valence-electron chi connectivity index (χ4n) is 2.13. The molecule has 1 heterocycles. The number of fused-ring (bicyclic) bond motifs is 1. The number of carbonyl (C=O) groups excluding carboxylic acids is 1. The van der Waals surface area contributed by atoms with Crippen LogP contribution in [0.4, 0.5) is 0 Å². The second kappa shape index (κ2) is 5.02. The number of rotatable bonds is 3. The number of benzene rings is 1. The van der Waals surface area contributed by atoms with Crippen molar-refractivity contribution in [3.05, 3.63) is 34.5 Å². The van der Waals surface area contributed by atoms with Gasteiger partial charge in [0.05, 0.1) is 23.2 Å². The molecule has 0 aliphatic carbocycles. The topological polar surface area (TPSA) is 42.1 Å². The monoisotopic (exact) mass is 265 g/mol. The summed E-state index contributed by atoms with van der Waals surface area (Å²) in [4.78, 5) is 14.9. The molecule has 0 aliphatic heterocycles. The molecule has 4 heteroatoms. The molecule has 2 rings (SSSR count). The van der Waals surface area contributed by atoms with E-state index in [2.05, 4.69) is 18.8 Å². The highest BCUT2D eigenvalue weighted by Gasteiger charge is 2.17. The molecule has 96 valence electrons. The van der Waals surface area contributed by atoms with Crippen molar-refractivity contribution < 1.29 is 9.53 Å². The molecule has 0 aliphatic rings. The average Bonchev–Trinajstić information content (AvgIpc) is 2.81. The third-order valence-corrected chi connectivity index (χ3v) is 3.30. The summed E-state index contributed by atoms with van der Waals surface area (Å²) >= 11 is 6.24. The Bertz CT molecular complexity index is 587. The van der Waals surface area contributed by atoms with Gasteiger partial charge < -0.3 is 9.72 Å². The first kappa shape index (κ1) is 13.0. The lowest BCUT2D eigenvalue weighted by molar-refractivity contribution is 0.0601. The number of aromatic nitrogens is 1. The Balaban J connectivity index is 2.65. The summed E-state index contributed by atoms with van der Waals surface area (Å²) < 4.78 is 4.77. The molecule has 0 saturated heterocycles. The number of ether oxygens (including phenoxy) is 1. The highest BCUT2D eigenvalue weighted by molar-refractivity contribution is 6.38. The Morgan fingerprint density at radius 1 is 1.50 bits per heavy atom. The van der Waals surface area contributed by atoms with E-state index in [0.717, 1.165) is 22.9 Å². The zero-order valence-corrected chi connectivity index (χ0v) is 11.5. The number of H-pyrrole nitrogens is 1. The number of hydrogen-bond donors (Lipinski definition) is 1. The van der Waals surface area contributed by atoms with Crippen LogP contribution in [-0.4, -0.2) is 18.1 Å². The maximum atomic E-state index is 11.7. The molecule has 0 amide bonds. The van der Waals surface area contributed by atoms with Crippen molar-refractivity contribution in [2.45, 2.75) is 20.3 Å². The molecule has 0 spiro atoms. The predicted molar refractivity (Wildman–Crippen MR) is 73.2 cm³/mol. The van der Waals surface area contributed by atoms with Crippen LogP contribution in [0.1, 0.15) is 29.8 Å². The second-order valence-corrected chi connectivity index (χ2v) is 5.13. The molecule has 1 aromatic heterocycles. The molecular weight excluding hydrogens is 250 g/mol. The van der Waals surface area contributed by atoms with Gasteiger partial charge in [0.15, 0.2) is 0 Å². The zero-order chi connectivity index (χ0) is 13.3. The van der Waals surface area contributed by atoms with E-state index in [-0.39, 0.29) is 0 Å². The summed E-state index contributed by atoms with van der Waals surface area (Å²) in [5.74, 6) is 0.108. The molecule has 0 fully saturated rings. The molecule has 18 heavy (non-hydrogen) atoms. The van der Waals surface area contributed by atoms with Crippen molar-refractivity contribution in [3.8, 4) is 0 Å². The first-order chi connectivity index (χ1) is 8.54. The van der Waals surface area contributed by atoms with E-state index in [1.165, 1.54) is 7.11 Å². The third-order valence-electron chi connectivity index (χ3n) is 2.89. The van der Waals surface area contributed by atoms with Gasteiger partial charge in [0.2, 0.25) is 0 Å². The first-order valence-electron chi connectivity index (χ1n) is 5.91. The van der Waals surface area contributed by atoms with Crippen LogP contribution in [-0.2, 0) is 11.2 Å². The Morgan fingerprint density at radius 3 is 2.83 bits per heavy atom. The van der Waals surface area contributed by atoms with Crippen molar-refractivity contribution in [3.63, 3.8) is 0 Å². The molecule has 0 unspecified atom stereocenters. The zero-order valence-electron chi connectivity index (χ0n) is 10.7. The number of carbonyl (C=O) groups is 1. The summed E-state index contributed by atoms with van der Waals surface area (Å²) in [5.41, 5.74) is 2.53. The number of hydrogen-bond acceptors (Lipinski definition) is 2. The van der Waals surface area contributed by atoms with Gasteiger partial charge in [-0.3, -0.25) is 0 Å². The van der Waals surface area contributed by atoms with Crippen LogP contribution >= 0.6 is 11.6 Å². The van der Waals surface area contributed by atoms with Gasteiger partial charge in [-0.1, -0.05) is 25.4 Å². The van der Waals surface area contributed by atoms with E-state index in [0.29, 0.717) is 16.5 Å². The fourth-order valence-corrected chi connectivity index (χ4v) is 2.42. The quantitative estimate of drug-likeness (QED) is 0.858. The second-order valence-electron chi connectivity index (χ2n) is 4.75. The van der Waals surface area contributed by atoms with Crippen LogP contribution < -0.4 is 0 Å². The highest BCUT2D eigenvalue weighted by Crippen LogP contribution is 2.31. The number of halogens is 1. The van der Waals surface area contributed by atoms with E-state index in [1.54, 1.807) is 0 Å². The van der Waals surface area contributed by atoms with Crippen LogP contribution in [0.25, 0.3) is 10.9 Å². The molecule has 0 atom stereocenters. The summed E-state index contributed by atoms with van der Waals surface area (Å²) in [7, 11) is 1.36. The molecule has 1 N–H and O–H groups in total. The maximum absolute atomic E-state index is 11.7. The van der Waals surface area contributed by atoms with Gasteiger partial charge in [-0.15, -0.1) is 0 Å². The number of methoxy groups -OCH3 is 1. The van der Waals surface area contributed by atoms with Gasteiger partial charge in [0.1, 0.15) is 0 Å². The van der Waals surface area contributed by atoms with Crippen molar-refractivity contribution in [1.82, 2.24) is 4.98 Å². The molecule has 2 aromatic rings. The Labute approximate surface area is 111 Å². The molecular formula is C14H16ClNO2. The lowest BCUT2D eigenvalue weighted by atomic mass is 9.98. The third kappa shape index (κ3) is 2.23. The van der Waals surface area contributed by atoms with E-state index in [4.69, 9.17) is 16.3 Å². The van der Waals surface area contributed by atoms with Gasteiger partial charge >= 0.3 is 5.97 Å². The van der Waals surface area contributed by atoms with Gasteiger partial charge in [0, 0.05) is 11.6 Å². The van der Waals surface area contributed by atoms with E-state index in [1.807, 2.05) is 18.3 Å². The van der Waals surface area contributed by atoms with Crippen LogP contribution in [0.15, 0.2) is 18.3 Å². The lowest BCUT2D eigenvalue weighted by Gasteiger charge is -2.11. The van der Waals surface area contributed by atoms with Crippen LogP contribution in [0, 0.1) is 5.92 Å². The Kier molecular flexibility index (Phi) is 3.62. The van der Waals surface area contributed by atoms with Crippen LogP contribution in [0.5, 0.6) is 0 Å². The molecule has 0 saturated carbocycles. The Morgan fingerprint density at radius 2 is 2.22 bits per heavy atom. The smallest absolute Gasteiger partial charge is 0.339 e. The average molecular weight is 266 g/mol. The minimum atomic E-state index is -0.395. The standard InChI is InChI=1S/C14H16ClNO2/c1-8(2)6-9-7-11(14(17)18-3)12(15)10-4-5-16-13(9)10/h4-5,7-8,16H,6H2,1-3H3. The molecule has 3 nitrogen and oxygen atoms in total. The van der Waals surface area contributed by atoms with Crippen molar-refractivity contribution in [1.29, 1.82) is 0 Å². The van der Waals surface area contributed by atoms with Gasteiger partial charge in [-0.25, -0.2) is 4.79 Å². The Hall–Kier alpha value is -1.48. The maximum Gasteiger partial charge on any atom is 0.339 e. The normalized spacial score (nSPS) is 11.2. The first-order valence-corrected chi connectivity index (χ1v) is 6.29. The fraction of sp³-hybridized carbons (Fsp3) is 0.357. The molecule has 1 aromatic carbocycles. The van der Waals surface area contributed by atoms with Gasteiger partial charge in [-0.05, 0) is 30.0 Å². The van der Waals surface area contributed by atoms with Crippen LogP contribution in [0.2, 0.25) is 5.02 Å². The van der Waals surface area contributed by atoms with Crippen molar-refractivity contribution >= 4 is 28.5 Å². The minimum Gasteiger partial charge on any atom is -0.465 e. The van der Waals surface area contributed by atoms with Gasteiger partial charge in [0.25, 0.3) is 0 Å². The van der Waals surface area contributed by atoms with E-state index in [9.17, 15) is 4.79 Å². The van der Waals surface area contributed by atoms with Crippen LogP contribution in [0.3, 0.4) is 0 Å². The number of esters is 1. The lowest BCUT2D eigenvalue weighted by Crippen LogP contribution is -2.05. The predicted octanol–water partition coefficient (Wildman–Crippen LogP) is 3.81. The van der Waals surface area contributed by atoms with Gasteiger partial charge in [-0.2, -0.15) is 0 Å². The van der Waals surface area contributed by atoms with E-state index >= 15 is 0 Å². The SMILES string of the molecule is COC(=O)c1cc(CC(C)C)c2[nH]ccc2c1Cl. The number of nitrogens with one attached hydrogen (secondary N) is 1. The van der Waals surface area contributed by atoms with Crippen molar-refractivity contribution in [2.24, 2.45) is 5.92 Å². The molecule has 0 bridgehead atoms. The highest BCUT2D eigenvalue weighted by atomic mass is 35.5. The minimum absolute atomic E-state index is 0.395. The summed E-state index contributed by atoms with van der Waals surface area (Å²) in [6, 6.07) is 3.71. The number of aromatic amines is 1. The summed E-state index contributed by atoms with van der Waals surface area (Å²) in [6.07, 6.45) is 2.72. The van der Waals surface area contributed by atoms with E-state index < -0.39 is 5.97 Å². The largest absolute Gasteiger partial charge is 0.465 e. The summed E-state index contributed by atoms with van der Waals surface area (Å²) in [6.45, 7) is 4.28. The molecule has 0 radical (unpaired) electrons. The summed E-state index contributed by atoms with van der Waals surface area (Å²) in [5, 5.41) is 1.32. The van der Waals surface area contributed by atoms with Crippen molar-refractivity contribution in [2.75, 3.05) is 7.11 Å².